The molecule has 3 aromatic rings. The summed E-state index contributed by atoms with van der Waals surface area (Å²) in [6.45, 7) is 1.93. The zero-order valence-electron chi connectivity index (χ0n) is 9.18. The van der Waals surface area contributed by atoms with Crippen LogP contribution in [0.3, 0.4) is 0 Å². The smallest absolute Gasteiger partial charge is 0.163 e. The van der Waals surface area contributed by atoms with E-state index in [1.165, 1.54) is 0 Å². The van der Waals surface area contributed by atoms with Gasteiger partial charge in [0, 0.05) is 9.86 Å². The summed E-state index contributed by atoms with van der Waals surface area (Å²) in [5.41, 5.74) is 2.92. The van der Waals surface area contributed by atoms with E-state index in [0.29, 0.717) is 5.82 Å². The van der Waals surface area contributed by atoms with Crippen LogP contribution in [0.25, 0.3) is 16.6 Å². The Kier molecular flexibility index (Phi) is 2.38. The van der Waals surface area contributed by atoms with Crippen LogP contribution in [0.1, 0.15) is 11.4 Å². The second kappa shape index (κ2) is 3.78. The quantitative estimate of drug-likeness (QED) is 0.749. The molecular formula is C12H10BrN3O. The summed E-state index contributed by atoms with van der Waals surface area (Å²) >= 11 is 3.47. The molecule has 0 atom stereocenters. The molecule has 0 fully saturated rings. The molecule has 1 aromatic carbocycles. The Morgan fingerprint density at radius 3 is 2.88 bits per heavy atom. The van der Waals surface area contributed by atoms with E-state index < -0.39 is 0 Å². The summed E-state index contributed by atoms with van der Waals surface area (Å²) in [4.78, 5) is 0. The van der Waals surface area contributed by atoms with Crippen LogP contribution in [0.15, 0.2) is 28.7 Å². The number of hydrogen-bond acceptors (Lipinski definition) is 3. The number of halogens is 1. The minimum atomic E-state index is -0.116. The number of benzene rings is 1. The minimum Gasteiger partial charge on any atom is -0.388 e. The zero-order chi connectivity index (χ0) is 12.0. The Labute approximate surface area is 106 Å². The van der Waals surface area contributed by atoms with E-state index in [1.54, 1.807) is 0 Å². The van der Waals surface area contributed by atoms with Gasteiger partial charge in [-0.05, 0) is 36.8 Å². The zero-order valence-corrected chi connectivity index (χ0v) is 10.8. The molecule has 17 heavy (non-hydrogen) atoms. The van der Waals surface area contributed by atoms with Crippen molar-refractivity contribution in [1.82, 2.24) is 14.6 Å². The first kappa shape index (κ1) is 10.7. The predicted octanol–water partition coefficient (Wildman–Crippen LogP) is 2.45. The summed E-state index contributed by atoms with van der Waals surface area (Å²) in [5, 5.41) is 18.4. The van der Waals surface area contributed by atoms with Gasteiger partial charge in [-0.2, -0.15) is 0 Å². The molecule has 0 saturated carbocycles. The minimum absolute atomic E-state index is 0.116. The van der Waals surface area contributed by atoms with Gasteiger partial charge < -0.3 is 5.11 Å². The SMILES string of the molecule is Cc1cc2nnc(CO)n2c2ccc(Br)cc12. The normalized spacial score (nSPS) is 11.5. The Morgan fingerprint density at radius 1 is 1.29 bits per heavy atom. The fraction of sp³-hybridized carbons (Fsp3) is 0.167. The van der Waals surface area contributed by atoms with Gasteiger partial charge in [-0.15, -0.1) is 10.2 Å². The molecule has 0 aliphatic carbocycles. The Balaban J connectivity index is 2.56. The standard InChI is InChI=1S/C12H10BrN3O/c1-7-4-11-14-15-12(6-17)16(11)10-3-2-8(13)5-9(7)10/h2-5,17H,6H2,1H3. The van der Waals surface area contributed by atoms with Crippen LogP contribution in [0.2, 0.25) is 0 Å². The van der Waals surface area contributed by atoms with Crippen molar-refractivity contribution in [1.29, 1.82) is 0 Å². The number of aromatic nitrogens is 3. The third kappa shape index (κ3) is 1.54. The van der Waals surface area contributed by atoms with Crippen molar-refractivity contribution in [2.24, 2.45) is 0 Å². The first-order valence-electron chi connectivity index (χ1n) is 5.24. The van der Waals surface area contributed by atoms with Gasteiger partial charge in [0.15, 0.2) is 11.5 Å². The molecule has 2 aromatic heterocycles. The van der Waals surface area contributed by atoms with E-state index in [4.69, 9.17) is 0 Å². The molecule has 86 valence electrons. The Bertz CT molecular complexity index is 720. The average Bonchev–Trinajstić information content (AvgIpc) is 2.72. The lowest BCUT2D eigenvalue weighted by Crippen LogP contribution is -1.97. The van der Waals surface area contributed by atoms with Crippen molar-refractivity contribution in [2.45, 2.75) is 13.5 Å². The topological polar surface area (TPSA) is 50.4 Å². The number of fused-ring (bicyclic) bond motifs is 3. The lowest BCUT2D eigenvalue weighted by molar-refractivity contribution is 0.270. The lowest BCUT2D eigenvalue weighted by Gasteiger charge is -2.07. The van der Waals surface area contributed by atoms with E-state index in [-0.39, 0.29) is 6.61 Å². The van der Waals surface area contributed by atoms with Crippen LogP contribution in [-0.2, 0) is 6.61 Å². The molecular weight excluding hydrogens is 282 g/mol. The molecule has 1 N–H and O–H groups in total. The molecule has 0 aliphatic heterocycles. The number of aliphatic hydroxyl groups is 1. The van der Waals surface area contributed by atoms with E-state index >= 15 is 0 Å². The summed E-state index contributed by atoms with van der Waals surface area (Å²) in [6.07, 6.45) is 0. The van der Waals surface area contributed by atoms with Gasteiger partial charge in [0.25, 0.3) is 0 Å². The predicted molar refractivity (Wildman–Crippen MR) is 68.9 cm³/mol. The second-order valence-corrected chi connectivity index (χ2v) is 4.87. The molecule has 0 spiro atoms. The van der Waals surface area contributed by atoms with Gasteiger partial charge in [-0.1, -0.05) is 15.9 Å². The van der Waals surface area contributed by atoms with Gasteiger partial charge in [-0.3, -0.25) is 4.40 Å². The molecule has 4 nitrogen and oxygen atoms in total. The molecule has 2 heterocycles. The van der Waals surface area contributed by atoms with Crippen molar-refractivity contribution < 1.29 is 5.11 Å². The largest absolute Gasteiger partial charge is 0.388 e. The van der Waals surface area contributed by atoms with Gasteiger partial charge in [-0.25, -0.2) is 0 Å². The summed E-state index contributed by atoms with van der Waals surface area (Å²) in [5.74, 6) is 0.562. The van der Waals surface area contributed by atoms with E-state index in [9.17, 15) is 5.11 Å². The van der Waals surface area contributed by atoms with Gasteiger partial charge in [0.05, 0.1) is 5.52 Å². The molecule has 3 rings (SSSR count). The molecule has 0 saturated heterocycles. The van der Waals surface area contributed by atoms with E-state index in [1.807, 2.05) is 29.5 Å². The third-order valence-corrected chi connectivity index (χ3v) is 3.36. The number of nitrogens with zero attached hydrogens (tertiary/aromatic N) is 3. The fourth-order valence-electron chi connectivity index (χ4n) is 2.08. The summed E-state index contributed by atoms with van der Waals surface area (Å²) < 4.78 is 2.92. The lowest BCUT2D eigenvalue weighted by atomic mass is 10.1. The molecule has 0 radical (unpaired) electrons. The maximum atomic E-state index is 9.28. The Hall–Kier alpha value is -1.46. The summed E-state index contributed by atoms with van der Waals surface area (Å²) in [7, 11) is 0. The van der Waals surface area contributed by atoms with Crippen molar-refractivity contribution in [3.63, 3.8) is 0 Å². The molecule has 0 amide bonds. The van der Waals surface area contributed by atoms with E-state index in [2.05, 4.69) is 32.2 Å². The van der Waals surface area contributed by atoms with E-state index in [0.717, 1.165) is 26.6 Å². The average molecular weight is 292 g/mol. The molecule has 0 aliphatic rings. The van der Waals surface area contributed by atoms with Crippen molar-refractivity contribution >= 4 is 32.5 Å². The highest BCUT2D eigenvalue weighted by Crippen LogP contribution is 2.25. The first-order valence-corrected chi connectivity index (χ1v) is 6.04. The fourth-order valence-corrected chi connectivity index (χ4v) is 2.44. The highest BCUT2D eigenvalue weighted by Gasteiger charge is 2.10. The number of hydrogen-bond donors (Lipinski definition) is 1. The third-order valence-electron chi connectivity index (χ3n) is 2.87. The number of aliphatic hydroxyl groups excluding tert-OH is 1. The number of pyridine rings is 1. The van der Waals surface area contributed by atoms with Crippen LogP contribution in [-0.4, -0.2) is 19.7 Å². The molecule has 5 heteroatoms. The maximum Gasteiger partial charge on any atom is 0.163 e. The first-order chi connectivity index (χ1) is 8.20. The summed E-state index contributed by atoms with van der Waals surface area (Å²) in [6, 6.07) is 8.01. The number of aryl methyl sites for hydroxylation is 1. The van der Waals surface area contributed by atoms with Crippen molar-refractivity contribution in [3.8, 4) is 0 Å². The monoisotopic (exact) mass is 291 g/mol. The van der Waals surface area contributed by atoms with Crippen LogP contribution < -0.4 is 0 Å². The highest BCUT2D eigenvalue weighted by molar-refractivity contribution is 9.10. The van der Waals surface area contributed by atoms with Crippen molar-refractivity contribution in [2.75, 3.05) is 0 Å². The Morgan fingerprint density at radius 2 is 2.12 bits per heavy atom. The van der Waals surface area contributed by atoms with Crippen LogP contribution in [0.4, 0.5) is 0 Å². The van der Waals surface area contributed by atoms with Crippen LogP contribution >= 0.6 is 15.9 Å². The van der Waals surface area contributed by atoms with Crippen LogP contribution in [0.5, 0.6) is 0 Å². The van der Waals surface area contributed by atoms with Crippen molar-refractivity contribution in [3.05, 3.63) is 40.1 Å². The molecule has 0 unspecified atom stereocenters. The number of rotatable bonds is 1. The second-order valence-electron chi connectivity index (χ2n) is 3.96. The van der Waals surface area contributed by atoms with Gasteiger partial charge >= 0.3 is 0 Å². The highest BCUT2D eigenvalue weighted by atomic mass is 79.9. The molecule has 0 bridgehead atoms. The van der Waals surface area contributed by atoms with Gasteiger partial charge in [0.1, 0.15) is 6.61 Å². The maximum absolute atomic E-state index is 9.28. The van der Waals surface area contributed by atoms with Crippen LogP contribution in [0, 0.1) is 6.92 Å². The van der Waals surface area contributed by atoms with Gasteiger partial charge in [0.2, 0.25) is 0 Å².